The van der Waals surface area contributed by atoms with Gasteiger partial charge in [0.25, 0.3) is 0 Å². The lowest BCUT2D eigenvalue weighted by atomic mass is 10.2. The summed E-state index contributed by atoms with van der Waals surface area (Å²) in [5, 5.41) is 8.80. The Hall–Kier alpha value is -2.12. The van der Waals surface area contributed by atoms with Gasteiger partial charge >= 0.3 is 18.3 Å². The topological polar surface area (TPSA) is 55.1 Å². The van der Waals surface area contributed by atoms with Gasteiger partial charge in [-0.25, -0.2) is 18.6 Å². The summed E-state index contributed by atoms with van der Waals surface area (Å²) in [5.41, 5.74) is 0.199. The standard InChI is InChI=1S/C11H8F4N2O2/c12-10(13)11(14,15)4-17-5-16-7-2-1-6(9(18)19)3-8(7)17/h1-3,5,10H,4H2,(H,18,19). The Kier molecular flexibility index (Phi) is 3.17. The van der Waals surface area contributed by atoms with E-state index in [9.17, 15) is 22.4 Å². The number of aromatic nitrogens is 2. The van der Waals surface area contributed by atoms with Gasteiger partial charge in [-0.2, -0.15) is 8.78 Å². The van der Waals surface area contributed by atoms with Crippen LogP contribution < -0.4 is 0 Å². The fourth-order valence-corrected chi connectivity index (χ4v) is 1.61. The van der Waals surface area contributed by atoms with Crippen molar-refractivity contribution in [3.8, 4) is 0 Å². The number of hydrogen-bond donors (Lipinski definition) is 1. The molecule has 1 aromatic carbocycles. The molecular weight excluding hydrogens is 268 g/mol. The van der Waals surface area contributed by atoms with Crippen LogP contribution in [0.25, 0.3) is 11.0 Å². The van der Waals surface area contributed by atoms with Crippen LogP contribution in [0.15, 0.2) is 24.5 Å². The van der Waals surface area contributed by atoms with Crippen LogP contribution in [0, 0.1) is 0 Å². The lowest BCUT2D eigenvalue weighted by molar-refractivity contribution is -0.137. The summed E-state index contributed by atoms with van der Waals surface area (Å²) in [6, 6.07) is 3.70. The molecule has 0 bridgehead atoms. The van der Waals surface area contributed by atoms with E-state index in [2.05, 4.69) is 4.98 Å². The fraction of sp³-hybridized carbons (Fsp3) is 0.273. The van der Waals surface area contributed by atoms with E-state index in [1.165, 1.54) is 12.1 Å². The molecule has 1 N–H and O–H groups in total. The van der Waals surface area contributed by atoms with E-state index in [0.717, 1.165) is 17.0 Å². The number of fused-ring (bicyclic) bond motifs is 1. The molecule has 1 aromatic heterocycles. The Morgan fingerprint density at radius 2 is 2.11 bits per heavy atom. The Labute approximate surface area is 104 Å². The second kappa shape index (κ2) is 4.52. The first kappa shape index (κ1) is 13.3. The average molecular weight is 276 g/mol. The number of hydrogen-bond acceptors (Lipinski definition) is 2. The number of rotatable bonds is 4. The molecule has 0 unspecified atom stereocenters. The van der Waals surface area contributed by atoms with Crippen molar-refractivity contribution in [2.75, 3.05) is 0 Å². The highest BCUT2D eigenvalue weighted by molar-refractivity contribution is 5.92. The normalized spacial score (nSPS) is 12.3. The first-order chi connectivity index (χ1) is 8.81. The summed E-state index contributed by atoms with van der Waals surface area (Å²) in [4.78, 5) is 14.5. The van der Waals surface area contributed by atoms with Crippen LogP contribution in [0.4, 0.5) is 17.6 Å². The molecule has 8 heteroatoms. The number of imidazole rings is 1. The molecule has 0 aliphatic rings. The van der Waals surface area contributed by atoms with Crippen LogP contribution in [0.2, 0.25) is 0 Å². The van der Waals surface area contributed by atoms with Gasteiger partial charge < -0.3 is 9.67 Å². The van der Waals surface area contributed by atoms with Crippen molar-refractivity contribution in [3.05, 3.63) is 30.1 Å². The van der Waals surface area contributed by atoms with Gasteiger partial charge in [0.1, 0.15) is 0 Å². The van der Waals surface area contributed by atoms with E-state index < -0.39 is 24.9 Å². The molecular formula is C11H8F4N2O2. The highest BCUT2D eigenvalue weighted by atomic mass is 19.3. The van der Waals surface area contributed by atoms with Crippen molar-refractivity contribution in [1.29, 1.82) is 0 Å². The van der Waals surface area contributed by atoms with Crippen LogP contribution in [0.5, 0.6) is 0 Å². The van der Waals surface area contributed by atoms with Gasteiger partial charge in [0, 0.05) is 0 Å². The Morgan fingerprint density at radius 1 is 1.42 bits per heavy atom. The smallest absolute Gasteiger partial charge is 0.335 e. The highest BCUT2D eigenvalue weighted by Gasteiger charge is 2.41. The van der Waals surface area contributed by atoms with E-state index in [0.29, 0.717) is 0 Å². The molecule has 0 fully saturated rings. The minimum absolute atomic E-state index is 0.0697. The molecule has 4 nitrogen and oxygen atoms in total. The maximum Gasteiger partial charge on any atom is 0.335 e. The average Bonchev–Trinajstić information content (AvgIpc) is 2.71. The van der Waals surface area contributed by atoms with Gasteiger partial charge in [-0.1, -0.05) is 0 Å². The van der Waals surface area contributed by atoms with Crippen molar-refractivity contribution in [3.63, 3.8) is 0 Å². The number of aromatic carboxylic acids is 1. The minimum atomic E-state index is -4.20. The number of carboxylic acids is 1. The summed E-state index contributed by atoms with van der Waals surface area (Å²) >= 11 is 0. The minimum Gasteiger partial charge on any atom is -0.478 e. The predicted octanol–water partition coefficient (Wildman–Crippen LogP) is 2.63. The predicted molar refractivity (Wildman–Crippen MR) is 57.6 cm³/mol. The maximum absolute atomic E-state index is 13.0. The lowest BCUT2D eigenvalue weighted by Crippen LogP contribution is -2.31. The zero-order valence-electron chi connectivity index (χ0n) is 9.36. The number of carbonyl (C=O) groups is 1. The summed E-state index contributed by atoms with van der Waals surface area (Å²) < 4.78 is 51.0. The molecule has 0 spiro atoms. The van der Waals surface area contributed by atoms with E-state index >= 15 is 0 Å². The van der Waals surface area contributed by atoms with Crippen molar-refractivity contribution >= 4 is 17.0 Å². The van der Waals surface area contributed by atoms with Crippen molar-refractivity contribution in [1.82, 2.24) is 9.55 Å². The first-order valence-electron chi connectivity index (χ1n) is 5.15. The van der Waals surface area contributed by atoms with Gasteiger partial charge in [0.05, 0.1) is 29.5 Å². The summed E-state index contributed by atoms with van der Waals surface area (Å²) in [7, 11) is 0. The van der Waals surface area contributed by atoms with Gasteiger partial charge in [-0.15, -0.1) is 0 Å². The quantitative estimate of drug-likeness (QED) is 0.873. The molecule has 0 aliphatic carbocycles. The van der Waals surface area contributed by atoms with Gasteiger partial charge in [-0.05, 0) is 18.2 Å². The third kappa shape index (κ3) is 2.51. The van der Waals surface area contributed by atoms with Crippen LogP contribution in [0.3, 0.4) is 0 Å². The SMILES string of the molecule is O=C(O)c1ccc2ncn(CC(F)(F)C(F)F)c2c1. The Balaban J connectivity index is 2.44. The van der Waals surface area contributed by atoms with Crippen LogP contribution in [-0.4, -0.2) is 33.0 Å². The lowest BCUT2D eigenvalue weighted by Gasteiger charge is -2.16. The van der Waals surface area contributed by atoms with Crippen molar-refractivity contribution < 1.29 is 27.5 Å². The zero-order valence-corrected chi connectivity index (χ0v) is 9.36. The summed E-state index contributed by atoms with van der Waals surface area (Å²) in [6.45, 7) is -1.26. The second-order valence-corrected chi connectivity index (χ2v) is 3.94. The van der Waals surface area contributed by atoms with Crippen LogP contribution in [0.1, 0.15) is 10.4 Å². The molecule has 0 aliphatic heterocycles. The number of benzene rings is 1. The van der Waals surface area contributed by atoms with Crippen LogP contribution >= 0.6 is 0 Å². The highest BCUT2D eigenvalue weighted by Crippen LogP contribution is 2.26. The number of carboxylic acid groups (broad SMARTS) is 1. The zero-order chi connectivity index (χ0) is 14.2. The number of alkyl halides is 4. The second-order valence-electron chi connectivity index (χ2n) is 3.94. The van der Waals surface area contributed by atoms with E-state index in [4.69, 9.17) is 5.11 Å². The molecule has 2 aromatic rings. The van der Waals surface area contributed by atoms with Crippen molar-refractivity contribution in [2.24, 2.45) is 0 Å². The fourth-order valence-electron chi connectivity index (χ4n) is 1.61. The Morgan fingerprint density at radius 3 is 2.68 bits per heavy atom. The first-order valence-corrected chi connectivity index (χ1v) is 5.15. The molecule has 102 valence electrons. The molecule has 0 amide bonds. The molecule has 0 saturated heterocycles. The molecule has 0 atom stereocenters. The molecule has 1 heterocycles. The third-order valence-electron chi connectivity index (χ3n) is 2.57. The molecule has 0 radical (unpaired) electrons. The van der Waals surface area contributed by atoms with Gasteiger partial charge in [0.2, 0.25) is 0 Å². The number of halogens is 4. The molecule has 0 saturated carbocycles. The van der Waals surface area contributed by atoms with E-state index in [-0.39, 0.29) is 16.6 Å². The van der Waals surface area contributed by atoms with Crippen LogP contribution in [-0.2, 0) is 6.54 Å². The summed E-state index contributed by atoms with van der Waals surface area (Å²) in [5.74, 6) is -5.44. The van der Waals surface area contributed by atoms with E-state index in [1.807, 2.05) is 0 Å². The third-order valence-corrected chi connectivity index (χ3v) is 2.57. The summed E-state index contributed by atoms with van der Waals surface area (Å²) in [6.07, 6.45) is -2.82. The van der Waals surface area contributed by atoms with Crippen molar-refractivity contribution in [2.45, 2.75) is 18.9 Å². The maximum atomic E-state index is 13.0. The molecule has 19 heavy (non-hydrogen) atoms. The monoisotopic (exact) mass is 276 g/mol. The van der Waals surface area contributed by atoms with Gasteiger partial charge in [0.15, 0.2) is 0 Å². The van der Waals surface area contributed by atoms with Gasteiger partial charge in [-0.3, -0.25) is 0 Å². The molecule has 2 rings (SSSR count). The number of nitrogens with zero attached hydrogens (tertiary/aromatic N) is 2. The largest absolute Gasteiger partial charge is 0.478 e. The Bertz CT molecular complexity index is 624. The van der Waals surface area contributed by atoms with E-state index in [1.54, 1.807) is 0 Å².